The number of thioether (sulfide) groups is 1. The first-order valence-electron chi connectivity index (χ1n) is 7.09. The van der Waals surface area contributed by atoms with Gasteiger partial charge in [-0.15, -0.1) is 0 Å². The average molecular weight is 311 g/mol. The van der Waals surface area contributed by atoms with Gasteiger partial charge in [-0.1, -0.05) is 35.5 Å². The number of hydrogen-bond acceptors (Lipinski definition) is 4. The van der Waals surface area contributed by atoms with E-state index >= 15 is 0 Å². The molecule has 1 aromatic rings. The van der Waals surface area contributed by atoms with E-state index in [1.807, 2.05) is 24.3 Å². The third-order valence-electron chi connectivity index (χ3n) is 4.05. The fraction of sp³-hybridized carbons (Fsp3) is 0.533. The van der Waals surface area contributed by atoms with Gasteiger partial charge in [0.25, 0.3) is 0 Å². The van der Waals surface area contributed by atoms with Crippen LogP contribution in [0.2, 0.25) is 5.02 Å². The second-order valence-electron chi connectivity index (χ2n) is 5.37. The summed E-state index contributed by atoms with van der Waals surface area (Å²) in [6.45, 7) is 3.78. The molecule has 2 aliphatic rings. The number of benzene rings is 1. The average Bonchev–Trinajstić information content (AvgIpc) is 2.63. The fourth-order valence-corrected chi connectivity index (χ4v) is 4.27. The second kappa shape index (κ2) is 5.58. The third-order valence-corrected chi connectivity index (χ3v) is 5.54. The lowest BCUT2D eigenvalue weighted by Crippen LogP contribution is -2.48. The van der Waals surface area contributed by atoms with Crippen molar-refractivity contribution in [1.82, 2.24) is 4.90 Å². The van der Waals surface area contributed by atoms with Gasteiger partial charge in [0.2, 0.25) is 0 Å². The van der Waals surface area contributed by atoms with Gasteiger partial charge >= 0.3 is 0 Å². The zero-order valence-corrected chi connectivity index (χ0v) is 13.1. The number of amidine groups is 1. The van der Waals surface area contributed by atoms with Crippen molar-refractivity contribution in [2.45, 2.75) is 37.2 Å². The molecule has 0 radical (unpaired) electrons. The van der Waals surface area contributed by atoms with Crippen LogP contribution in [0, 0.1) is 0 Å². The number of halogens is 1. The van der Waals surface area contributed by atoms with Crippen LogP contribution in [0.3, 0.4) is 0 Å². The van der Waals surface area contributed by atoms with Crippen LogP contribution in [0.1, 0.15) is 31.7 Å². The van der Waals surface area contributed by atoms with Crippen LogP contribution >= 0.6 is 23.4 Å². The van der Waals surface area contributed by atoms with Crippen LogP contribution in [-0.2, 0) is 5.72 Å². The van der Waals surface area contributed by atoms with Crippen LogP contribution in [0.25, 0.3) is 0 Å². The molecule has 2 unspecified atom stereocenters. The first-order valence-corrected chi connectivity index (χ1v) is 8.35. The highest BCUT2D eigenvalue weighted by atomic mass is 35.5. The van der Waals surface area contributed by atoms with Gasteiger partial charge in [0.05, 0.1) is 5.25 Å². The molecule has 3 rings (SSSR count). The Morgan fingerprint density at radius 2 is 2.05 bits per heavy atom. The molecule has 1 aromatic carbocycles. The molecule has 0 aliphatic carbocycles. The van der Waals surface area contributed by atoms with E-state index in [4.69, 9.17) is 11.6 Å². The summed E-state index contributed by atoms with van der Waals surface area (Å²) in [4.78, 5) is 6.73. The predicted octanol–water partition coefficient (Wildman–Crippen LogP) is 3.46. The van der Waals surface area contributed by atoms with Gasteiger partial charge in [0.1, 0.15) is 0 Å². The Bertz CT molecular complexity index is 519. The second-order valence-corrected chi connectivity index (χ2v) is 7.11. The van der Waals surface area contributed by atoms with E-state index < -0.39 is 5.72 Å². The van der Waals surface area contributed by atoms with Gasteiger partial charge < -0.3 is 10.0 Å². The topological polar surface area (TPSA) is 35.8 Å². The summed E-state index contributed by atoms with van der Waals surface area (Å²) in [7, 11) is 0. The van der Waals surface area contributed by atoms with Crippen LogP contribution in [-0.4, -0.2) is 33.5 Å². The van der Waals surface area contributed by atoms with Gasteiger partial charge in [0, 0.05) is 23.7 Å². The lowest BCUT2D eigenvalue weighted by molar-refractivity contribution is -0.0681. The van der Waals surface area contributed by atoms with Crippen LogP contribution in [0.4, 0.5) is 0 Å². The summed E-state index contributed by atoms with van der Waals surface area (Å²) in [5.41, 5.74) is -0.0847. The molecule has 0 spiro atoms. The minimum Gasteiger partial charge on any atom is -0.366 e. The summed E-state index contributed by atoms with van der Waals surface area (Å²) in [5.74, 6) is 0. The number of aliphatic hydroxyl groups is 1. The number of nitrogens with zero attached hydrogens (tertiary/aromatic N) is 2. The van der Waals surface area contributed by atoms with E-state index in [1.54, 1.807) is 11.8 Å². The van der Waals surface area contributed by atoms with Crippen molar-refractivity contribution in [2.75, 3.05) is 13.1 Å². The van der Waals surface area contributed by atoms with Gasteiger partial charge in [0.15, 0.2) is 10.9 Å². The Morgan fingerprint density at radius 1 is 1.30 bits per heavy atom. The first kappa shape index (κ1) is 14.2. The van der Waals surface area contributed by atoms with Crippen molar-refractivity contribution >= 4 is 28.5 Å². The normalized spacial score (nSPS) is 30.4. The van der Waals surface area contributed by atoms with Gasteiger partial charge in [-0.25, -0.2) is 0 Å². The number of aliphatic imine (C=N–C) groups is 1. The number of fused-ring (bicyclic) bond motifs is 1. The van der Waals surface area contributed by atoms with Crippen molar-refractivity contribution in [1.29, 1.82) is 0 Å². The maximum atomic E-state index is 11.3. The van der Waals surface area contributed by atoms with Crippen LogP contribution in [0.15, 0.2) is 29.3 Å². The van der Waals surface area contributed by atoms with E-state index in [0.29, 0.717) is 5.02 Å². The van der Waals surface area contributed by atoms with E-state index in [9.17, 15) is 5.11 Å². The highest BCUT2D eigenvalue weighted by Crippen LogP contribution is 2.45. The predicted molar refractivity (Wildman–Crippen MR) is 85.3 cm³/mol. The smallest absolute Gasteiger partial charge is 0.178 e. The van der Waals surface area contributed by atoms with E-state index in [-0.39, 0.29) is 5.25 Å². The standard InChI is InChI=1S/C15H19ClN2OS/c1-11-15(19,12-5-7-13(16)8-6-12)18-10-4-2-3-9-17-14(18)20-11/h5-8,11,19H,2-4,9-10H2,1H3. The van der Waals surface area contributed by atoms with Crippen LogP contribution in [0.5, 0.6) is 0 Å². The summed E-state index contributed by atoms with van der Waals surface area (Å²) in [6.07, 6.45) is 3.41. The molecular weight excluding hydrogens is 292 g/mol. The molecule has 0 aromatic heterocycles. The monoisotopic (exact) mass is 310 g/mol. The Morgan fingerprint density at radius 3 is 2.80 bits per heavy atom. The fourth-order valence-electron chi connectivity index (χ4n) is 2.88. The van der Waals surface area contributed by atoms with Crippen molar-refractivity contribution in [2.24, 2.45) is 4.99 Å². The molecule has 2 atom stereocenters. The number of hydrogen-bond donors (Lipinski definition) is 1. The van der Waals surface area contributed by atoms with Gasteiger partial charge in [-0.3, -0.25) is 4.99 Å². The molecule has 1 N–H and O–H groups in total. The molecule has 0 amide bonds. The highest BCUT2D eigenvalue weighted by molar-refractivity contribution is 8.14. The summed E-state index contributed by atoms with van der Waals surface area (Å²) in [5, 5.41) is 13.0. The lowest BCUT2D eigenvalue weighted by Gasteiger charge is -2.37. The van der Waals surface area contributed by atoms with Crippen molar-refractivity contribution < 1.29 is 5.11 Å². The summed E-state index contributed by atoms with van der Waals surface area (Å²) >= 11 is 7.63. The molecule has 108 valence electrons. The largest absolute Gasteiger partial charge is 0.366 e. The zero-order valence-electron chi connectivity index (χ0n) is 11.6. The molecule has 0 bridgehead atoms. The molecule has 3 nitrogen and oxygen atoms in total. The van der Waals surface area contributed by atoms with Gasteiger partial charge in [-0.05, 0) is 38.3 Å². The minimum absolute atomic E-state index is 0.0560. The zero-order chi connectivity index (χ0) is 14.2. The third kappa shape index (κ3) is 2.34. The lowest BCUT2D eigenvalue weighted by atomic mass is 9.97. The van der Waals surface area contributed by atoms with E-state index in [0.717, 1.165) is 36.7 Å². The summed E-state index contributed by atoms with van der Waals surface area (Å²) < 4.78 is 0. The number of rotatable bonds is 1. The maximum Gasteiger partial charge on any atom is 0.178 e. The summed E-state index contributed by atoms with van der Waals surface area (Å²) in [6, 6.07) is 7.51. The van der Waals surface area contributed by atoms with Crippen LogP contribution < -0.4 is 0 Å². The van der Waals surface area contributed by atoms with E-state index in [2.05, 4.69) is 16.8 Å². The Hall–Kier alpha value is -0.710. The SMILES string of the molecule is CC1SC2=NCCCCCN2C1(O)c1ccc(Cl)cc1. The van der Waals surface area contributed by atoms with Gasteiger partial charge in [-0.2, -0.15) is 0 Å². The Labute approximate surface area is 129 Å². The minimum atomic E-state index is -0.981. The Balaban J connectivity index is 2.01. The highest BCUT2D eigenvalue weighted by Gasteiger charge is 2.50. The molecule has 0 saturated carbocycles. The Kier molecular flexibility index (Phi) is 3.98. The molecule has 2 aliphatic heterocycles. The first-order chi connectivity index (χ1) is 9.62. The van der Waals surface area contributed by atoms with Crippen molar-refractivity contribution in [3.8, 4) is 0 Å². The molecule has 2 heterocycles. The molecule has 20 heavy (non-hydrogen) atoms. The van der Waals surface area contributed by atoms with E-state index in [1.165, 1.54) is 6.42 Å². The van der Waals surface area contributed by atoms with Crippen molar-refractivity contribution in [3.05, 3.63) is 34.9 Å². The molecule has 1 saturated heterocycles. The quantitative estimate of drug-likeness (QED) is 0.863. The molecule has 5 heteroatoms. The van der Waals surface area contributed by atoms with Crippen molar-refractivity contribution in [3.63, 3.8) is 0 Å². The molecule has 1 fully saturated rings. The molecular formula is C15H19ClN2OS. The maximum absolute atomic E-state index is 11.3.